The number of fused-ring (bicyclic) bond motifs is 1. The van der Waals surface area contributed by atoms with Gasteiger partial charge in [0, 0.05) is 24.9 Å². The molecule has 0 radical (unpaired) electrons. The van der Waals surface area contributed by atoms with Crippen molar-refractivity contribution in [1.29, 1.82) is 0 Å². The van der Waals surface area contributed by atoms with E-state index in [1.165, 1.54) is 17.2 Å². The van der Waals surface area contributed by atoms with Gasteiger partial charge in [-0.1, -0.05) is 30.0 Å². The fourth-order valence-corrected chi connectivity index (χ4v) is 5.71. The number of rotatable bonds is 4. The van der Waals surface area contributed by atoms with Crippen LogP contribution in [0.3, 0.4) is 0 Å². The van der Waals surface area contributed by atoms with Crippen molar-refractivity contribution in [1.82, 2.24) is 10.3 Å². The molecule has 1 unspecified atom stereocenters. The number of pyridine rings is 1. The van der Waals surface area contributed by atoms with E-state index in [9.17, 15) is 23.8 Å². The van der Waals surface area contributed by atoms with Crippen LogP contribution in [0.2, 0.25) is 0 Å². The topological polar surface area (TPSA) is 141 Å². The van der Waals surface area contributed by atoms with E-state index in [2.05, 4.69) is 22.1 Å². The van der Waals surface area contributed by atoms with Crippen molar-refractivity contribution in [2.45, 2.75) is 11.6 Å². The second-order valence-corrected chi connectivity index (χ2v) is 11.3. The van der Waals surface area contributed by atoms with Crippen molar-refractivity contribution < 1.29 is 33.3 Å². The number of benzene rings is 2. The number of carbonyl (C=O) groups excluding carboxylic acids is 2. The van der Waals surface area contributed by atoms with Gasteiger partial charge in [0.1, 0.15) is 35.6 Å². The Bertz CT molecular complexity index is 1440. The van der Waals surface area contributed by atoms with Gasteiger partial charge in [-0.3, -0.25) is 23.7 Å². The molecule has 0 aliphatic carbocycles. The SMILES string of the molecule is CN1C(=O)C(NC(=O)c2cc(Oc3ccccc3)ccn2)COc2ccc(C#CC3(O)CS(O)(O)C3)cc21. The Labute approximate surface area is 220 Å². The van der Waals surface area contributed by atoms with E-state index in [1.54, 1.807) is 43.4 Å². The highest BCUT2D eigenvalue weighted by molar-refractivity contribution is 8.25. The summed E-state index contributed by atoms with van der Waals surface area (Å²) in [5, 5.41) is 13.0. The van der Waals surface area contributed by atoms with Crippen LogP contribution in [0.5, 0.6) is 17.2 Å². The molecule has 2 aromatic carbocycles. The number of hydrogen-bond acceptors (Lipinski definition) is 8. The molecule has 3 heterocycles. The summed E-state index contributed by atoms with van der Waals surface area (Å²) in [5.74, 6) is 5.64. The summed E-state index contributed by atoms with van der Waals surface area (Å²) in [7, 11) is -1.19. The van der Waals surface area contributed by atoms with Gasteiger partial charge >= 0.3 is 0 Å². The van der Waals surface area contributed by atoms with Crippen LogP contribution in [-0.2, 0) is 4.79 Å². The monoisotopic (exact) mass is 535 g/mol. The largest absolute Gasteiger partial charge is 0.489 e. The summed E-state index contributed by atoms with van der Waals surface area (Å²) >= 11 is 0. The summed E-state index contributed by atoms with van der Waals surface area (Å²) < 4.78 is 30.7. The number of aromatic nitrogens is 1. The third-order valence-corrected chi connectivity index (χ3v) is 7.86. The van der Waals surface area contributed by atoms with E-state index < -0.39 is 34.0 Å². The predicted octanol–water partition coefficient (Wildman–Crippen LogP) is 2.87. The summed E-state index contributed by atoms with van der Waals surface area (Å²) in [6, 6.07) is 16.2. The minimum atomic E-state index is -2.75. The van der Waals surface area contributed by atoms with Crippen LogP contribution >= 0.6 is 10.6 Å². The number of ether oxygens (including phenoxy) is 2. The Kier molecular flexibility index (Phi) is 6.73. The van der Waals surface area contributed by atoms with E-state index in [4.69, 9.17) is 9.47 Å². The smallest absolute Gasteiger partial charge is 0.270 e. The first-order valence-corrected chi connectivity index (χ1v) is 13.5. The van der Waals surface area contributed by atoms with Gasteiger partial charge in [0.15, 0.2) is 5.60 Å². The van der Waals surface area contributed by atoms with Gasteiger partial charge in [-0.25, -0.2) is 0 Å². The number of nitrogens with one attached hydrogen (secondary N) is 1. The molecule has 10 nitrogen and oxygen atoms in total. The summed E-state index contributed by atoms with van der Waals surface area (Å²) in [5.41, 5.74) is -0.416. The van der Waals surface area contributed by atoms with E-state index in [0.717, 1.165) is 0 Å². The minimum absolute atomic E-state index is 0.0822. The fourth-order valence-electron chi connectivity index (χ4n) is 4.12. The molecule has 3 aromatic rings. The van der Waals surface area contributed by atoms with Crippen LogP contribution < -0.4 is 19.7 Å². The standard InChI is InChI=1S/C27H25N3O7S/c1-30-23-13-18(9-11-27(33)16-38(34,35)17-27)7-8-24(23)36-15-22(26(30)32)29-25(31)21-14-20(10-12-28-21)37-19-5-3-2-4-6-19/h2-8,10,12-14,22,33-35H,15-17H2,1H3,(H,29,31). The van der Waals surface area contributed by atoms with Crippen LogP contribution in [0.15, 0.2) is 66.9 Å². The maximum atomic E-state index is 13.2. The van der Waals surface area contributed by atoms with Gasteiger partial charge in [0.25, 0.3) is 11.8 Å². The number of likely N-dealkylation sites (N-methyl/N-ethyl adjacent to an activating group) is 1. The van der Waals surface area contributed by atoms with E-state index >= 15 is 0 Å². The molecule has 0 bridgehead atoms. The Balaban J connectivity index is 1.28. The average molecular weight is 536 g/mol. The summed E-state index contributed by atoms with van der Waals surface area (Å²) in [6.07, 6.45) is 1.45. The molecular weight excluding hydrogens is 510 g/mol. The highest BCUT2D eigenvalue weighted by atomic mass is 32.3. The zero-order valence-corrected chi connectivity index (χ0v) is 21.1. The normalized spacial score (nSPS) is 19.8. The lowest BCUT2D eigenvalue weighted by atomic mass is 10.1. The molecule has 2 amide bonds. The molecule has 38 heavy (non-hydrogen) atoms. The quantitative estimate of drug-likeness (QED) is 0.374. The Morgan fingerprint density at radius 1 is 1.16 bits per heavy atom. The van der Waals surface area contributed by atoms with E-state index in [1.807, 2.05) is 18.2 Å². The van der Waals surface area contributed by atoms with Crippen molar-refractivity contribution in [3.05, 3.63) is 78.1 Å². The second kappa shape index (κ2) is 10.00. The first-order valence-electron chi connectivity index (χ1n) is 11.6. The number of nitrogens with zero attached hydrogens (tertiary/aromatic N) is 2. The van der Waals surface area contributed by atoms with Crippen molar-refractivity contribution >= 4 is 28.1 Å². The molecular formula is C27H25N3O7S. The molecule has 1 aromatic heterocycles. The van der Waals surface area contributed by atoms with Crippen LogP contribution in [0.1, 0.15) is 16.1 Å². The Morgan fingerprint density at radius 3 is 2.66 bits per heavy atom. The molecule has 1 saturated heterocycles. The summed E-state index contributed by atoms with van der Waals surface area (Å²) in [4.78, 5) is 31.6. The maximum absolute atomic E-state index is 13.2. The molecule has 5 rings (SSSR count). The first-order chi connectivity index (χ1) is 18.1. The average Bonchev–Trinajstić information content (AvgIpc) is 2.99. The number of carbonyl (C=O) groups is 2. The molecule has 0 spiro atoms. The second-order valence-electron chi connectivity index (χ2n) is 9.08. The molecule has 2 aliphatic heterocycles. The zero-order chi connectivity index (χ0) is 26.9. The van der Waals surface area contributed by atoms with Crippen molar-refractivity contribution in [2.24, 2.45) is 0 Å². The fraction of sp³-hybridized carbons (Fsp3) is 0.222. The van der Waals surface area contributed by atoms with Crippen molar-refractivity contribution in [2.75, 3.05) is 30.1 Å². The first kappa shape index (κ1) is 25.6. The maximum Gasteiger partial charge on any atom is 0.270 e. The summed E-state index contributed by atoms with van der Waals surface area (Å²) in [6.45, 7) is -0.0925. The van der Waals surface area contributed by atoms with Gasteiger partial charge in [-0.05, 0) is 36.4 Å². The van der Waals surface area contributed by atoms with E-state index in [0.29, 0.717) is 28.5 Å². The third-order valence-electron chi connectivity index (χ3n) is 5.98. The molecule has 1 fully saturated rings. The van der Waals surface area contributed by atoms with Gasteiger partial charge in [-0.2, -0.15) is 10.6 Å². The highest BCUT2D eigenvalue weighted by Gasteiger charge is 2.46. The number of hydrogen-bond donors (Lipinski definition) is 4. The number of para-hydroxylation sites is 1. The molecule has 4 N–H and O–H groups in total. The molecule has 196 valence electrons. The van der Waals surface area contributed by atoms with Gasteiger partial charge in [-0.15, -0.1) is 0 Å². The molecule has 11 heteroatoms. The van der Waals surface area contributed by atoms with E-state index in [-0.39, 0.29) is 23.8 Å². The molecule has 2 aliphatic rings. The lowest BCUT2D eigenvalue weighted by Gasteiger charge is -2.50. The predicted molar refractivity (Wildman–Crippen MR) is 142 cm³/mol. The van der Waals surface area contributed by atoms with Crippen molar-refractivity contribution in [3.8, 4) is 29.1 Å². The van der Waals surface area contributed by atoms with Gasteiger partial charge in [0.2, 0.25) is 0 Å². The number of anilines is 1. The Hall–Kier alpha value is -4.08. The van der Waals surface area contributed by atoms with Crippen molar-refractivity contribution in [3.63, 3.8) is 0 Å². The van der Waals surface area contributed by atoms with Gasteiger partial charge in [0.05, 0.1) is 17.2 Å². The zero-order valence-electron chi connectivity index (χ0n) is 20.3. The van der Waals surface area contributed by atoms with Crippen LogP contribution in [-0.4, -0.2) is 67.8 Å². The number of amides is 2. The molecule has 0 saturated carbocycles. The highest BCUT2D eigenvalue weighted by Crippen LogP contribution is 2.53. The Morgan fingerprint density at radius 2 is 1.92 bits per heavy atom. The van der Waals surface area contributed by atoms with Crippen LogP contribution in [0, 0.1) is 11.8 Å². The minimum Gasteiger partial charge on any atom is -0.489 e. The number of aliphatic hydroxyl groups is 1. The van der Waals surface area contributed by atoms with Gasteiger partial charge < -0.3 is 24.8 Å². The lowest BCUT2D eigenvalue weighted by molar-refractivity contribution is -0.120. The lowest BCUT2D eigenvalue weighted by Crippen LogP contribution is -2.50. The van der Waals surface area contributed by atoms with Crippen LogP contribution in [0.4, 0.5) is 5.69 Å². The molecule has 1 atom stereocenters. The van der Waals surface area contributed by atoms with Crippen LogP contribution in [0.25, 0.3) is 0 Å². The third kappa shape index (κ3) is 5.58.